The number of hydrogen-bond acceptors (Lipinski definition) is 8. The first-order chi connectivity index (χ1) is 18.4. The second-order valence-corrected chi connectivity index (χ2v) is 14.5. The summed E-state index contributed by atoms with van der Waals surface area (Å²) in [6, 6.07) is 6.63. The monoisotopic (exact) mass is 626 g/mol. The molecule has 0 aliphatic carbocycles. The van der Waals surface area contributed by atoms with Gasteiger partial charge in [0.05, 0.1) is 37.1 Å². The molecule has 0 bridgehead atoms. The molecule has 6 aromatic rings. The molecule has 0 saturated heterocycles. The van der Waals surface area contributed by atoms with Gasteiger partial charge in [-0.25, -0.2) is 17.6 Å². The molecule has 0 aliphatic rings. The molecule has 0 saturated carbocycles. The standard InChI is InChI=1S/C26H14F4O2S6/c1-32-22-19(38-26(21(22)30)24-15(28)3-5-34-24)9-12-8-18-17(36-12)7-11(35-18)6-16-13(10-31)20(29)25(37-16)23-14(27)2-4-33-23/h2-5,7-8,10H,6,9H2,1H3. The zero-order valence-electron chi connectivity index (χ0n) is 19.2. The average molecular weight is 627 g/mol. The Balaban J connectivity index is 1.27. The number of thiophene rings is 6. The normalized spacial score (nSPS) is 11.6. The first-order valence-corrected chi connectivity index (χ1v) is 16.0. The van der Waals surface area contributed by atoms with E-state index in [-0.39, 0.29) is 30.8 Å². The summed E-state index contributed by atoms with van der Waals surface area (Å²) in [4.78, 5) is 15.7. The van der Waals surface area contributed by atoms with Gasteiger partial charge in [-0.1, -0.05) is 0 Å². The van der Waals surface area contributed by atoms with Crippen LogP contribution in [0.5, 0.6) is 5.75 Å². The largest absolute Gasteiger partial charge is 0.492 e. The van der Waals surface area contributed by atoms with Crippen molar-refractivity contribution in [3.63, 3.8) is 0 Å². The van der Waals surface area contributed by atoms with Crippen LogP contribution in [0.25, 0.3) is 28.9 Å². The van der Waals surface area contributed by atoms with Gasteiger partial charge in [0, 0.05) is 36.9 Å². The van der Waals surface area contributed by atoms with E-state index in [1.54, 1.807) is 22.1 Å². The fourth-order valence-electron chi connectivity index (χ4n) is 4.11. The van der Waals surface area contributed by atoms with Crippen molar-refractivity contribution in [1.82, 2.24) is 0 Å². The van der Waals surface area contributed by atoms with Gasteiger partial charge >= 0.3 is 0 Å². The van der Waals surface area contributed by atoms with Crippen molar-refractivity contribution in [3.05, 3.63) is 83.4 Å². The summed E-state index contributed by atoms with van der Waals surface area (Å²) in [5.74, 6) is -2.05. The number of methoxy groups -OCH3 is 1. The van der Waals surface area contributed by atoms with Crippen LogP contribution in [0.2, 0.25) is 0 Å². The summed E-state index contributed by atoms with van der Waals surface area (Å²) >= 11 is 7.63. The second kappa shape index (κ2) is 10.3. The number of ether oxygens (including phenoxy) is 1. The Morgan fingerprint density at radius 1 is 0.737 bits per heavy atom. The van der Waals surface area contributed by atoms with Gasteiger partial charge in [0.15, 0.2) is 23.7 Å². The van der Waals surface area contributed by atoms with E-state index in [0.29, 0.717) is 28.9 Å². The van der Waals surface area contributed by atoms with E-state index >= 15 is 4.39 Å². The molecule has 0 amide bonds. The van der Waals surface area contributed by atoms with Crippen LogP contribution in [0.15, 0.2) is 35.0 Å². The second-order valence-electron chi connectivity index (χ2n) is 8.10. The van der Waals surface area contributed by atoms with Crippen LogP contribution in [-0.2, 0) is 12.8 Å². The summed E-state index contributed by atoms with van der Waals surface area (Å²) in [5.41, 5.74) is -0.0277. The lowest BCUT2D eigenvalue weighted by molar-refractivity contribution is 0.111. The SMILES string of the molecule is COc1c(Cc2cc3sc(Cc4sc(-c5sccc5F)c(F)c4C=O)cc3s2)sc(-c2sccc2F)c1F. The average Bonchev–Trinajstić information content (AvgIpc) is 3.71. The molecule has 0 unspecified atom stereocenters. The zero-order valence-corrected chi connectivity index (χ0v) is 24.1. The Morgan fingerprint density at radius 3 is 1.76 bits per heavy atom. The molecule has 6 aromatic heterocycles. The van der Waals surface area contributed by atoms with Gasteiger partial charge in [0.1, 0.15) is 11.6 Å². The molecule has 0 aromatic carbocycles. The van der Waals surface area contributed by atoms with Crippen LogP contribution in [0, 0.1) is 23.3 Å². The van der Waals surface area contributed by atoms with Crippen molar-refractivity contribution in [2.45, 2.75) is 12.8 Å². The van der Waals surface area contributed by atoms with Crippen LogP contribution in [0.1, 0.15) is 29.9 Å². The minimum Gasteiger partial charge on any atom is -0.492 e. The van der Waals surface area contributed by atoms with E-state index in [2.05, 4.69) is 0 Å². The summed E-state index contributed by atoms with van der Waals surface area (Å²) in [6.07, 6.45) is 1.30. The number of halogens is 4. The molecule has 6 heterocycles. The molecule has 0 atom stereocenters. The van der Waals surface area contributed by atoms with Crippen LogP contribution >= 0.6 is 68.0 Å². The van der Waals surface area contributed by atoms with E-state index in [1.165, 1.54) is 41.9 Å². The Kier molecular flexibility index (Phi) is 7.04. The minimum atomic E-state index is -0.680. The van der Waals surface area contributed by atoms with Gasteiger partial charge < -0.3 is 4.74 Å². The predicted octanol–water partition coefficient (Wildman–Crippen LogP) is 10.1. The van der Waals surface area contributed by atoms with E-state index in [9.17, 15) is 18.0 Å². The van der Waals surface area contributed by atoms with E-state index in [0.717, 1.165) is 53.2 Å². The number of hydrogen-bond donors (Lipinski definition) is 0. The van der Waals surface area contributed by atoms with Crippen molar-refractivity contribution < 1.29 is 27.1 Å². The fraction of sp³-hybridized carbons (Fsp3) is 0.115. The van der Waals surface area contributed by atoms with Gasteiger partial charge in [-0.3, -0.25) is 4.79 Å². The molecule has 6 rings (SSSR count). The highest BCUT2D eigenvalue weighted by Gasteiger charge is 2.25. The predicted molar refractivity (Wildman–Crippen MR) is 152 cm³/mol. The maximum absolute atomic E-state index is 15.0. The van der Waals surface area contributed by atoms with Crippen molar-refractivity contribution in [1.29, 1.82) is 0 Å². The van der Waals surface area contributed by atoms with Crippen LogP contribution in [-0.4, -0.2) is 13.4 Å². The Hall–Kier alpha value is -2.35. The third-order valence-electron chi connectivity index (χ3n) is 5.79. The van der Waals surface area contributed by atoms with E-state index < -0.39 is 23.3 Å². The lowest BCUT2D eigenvalue weighted by Gasteiger charge is -2.00. The molecule has 0 aliphatic heterocycles. The Bertz CT molecular complexity index is 1770. The number of aldehydes is 1. The van der Waals surface area contributed by atoms with Gasteiger partial charge in [0.25, 0.3) is 0 Å². The molecule has 0 radical (unpaired) electrons. The van der Waals surface area contributed by atoms with Crippen molar-refractivity contribution in [2.24, 2.45) is 0 Å². The smallest absolute Gasteiger partial charge is 0.184 e. The van der Waals surface area contributed by atoms with Gasteiger partial charge in [0.2, 0.25) is 0 Å². The van der Waals surface area contributed by atoms with Crippen LogP contribution < -0.4 is 4.74 Å². The molecule has 0 spiro atoms. The number of rotatable bonds is 8. The lowest BCUT2D eigenvalue weighted by Crippen LogP contribution is -1.90. The highest BCUT2D eigenvalue weighted by molar-refractivity contribution is 7.28. The first-order valence-electron chi connectivity index (χ1n) is 11.0. The summed E-state index contributed by atoms with van der Waals surface area (Å²) < 4.78 is 65.4. The molecule has 38 heavy (non-hydrogen) atoms. The molecule has 194 valence electrons. The van der Waals surface area contributed by atoms with Gasteiger partial charge in [-0.05, 0) is 35.0 Å². The van der Waals surface area contributed by atoms with Crippen LogP contribution in [0.4, 0.5) is 17.6 Å². The van der Waals surface area contributed by atoms with Crippen LogP contribution in [0.3, 0.4) is 0 Å². The molecule has 12 heteroatoms. The minimum absolute atomic E-state index is 0.0277. The molecular weight excluding hydrogens is 613 g/mol. The quantitative estimate of drug-likeness (QED) is 0.124. The third kappa shape index (κ3) is 4.46. The fourth-order valence-corrected chi connectivity index (χ4v) is 10.9. The number of fused-ring (bicyclic) bond motifs is 1. The summed E-state index contributed by atoms with van der Waals surface area (Å²) in [7, 11) is 1.40. The third-order valence-corrected chi connectivity index (χ3v) is 12.5. The molecular formula is C26H14F4O2S6. The zero-order chi connectivity index (χ0) is 26.6. The van der Waals surface area contributed by atoms with Crippen molar-refractivity contribution in [3.8, 4) is 25.3 Å². The maximum atomic E-state index is 15.0. The highest BCUT2D eigenvalue weighted by atomic mass is 32.1. The number of carbonyl (C=O) groups is 1. The van der Waals surface area contributed by atoms with Crippen molar-refractivity contribution in [2.75, 3.05) is 7.11 Å². The summed E-state index contributed by atoms with van der Waals surface area (Å²) in [6.45, 7) is 0. The number of carbonyl (C=O) groups excluding carboxylic acids is 1. The van der Waals surface area contributed by atoms with Crippen molar-refractivity contribution >= 4 is 83.7 Å². The van der Waals surface area contributed by atoms with E-state index in [1.807, 2.05) is 12.1 Å². The summed E-state index contributed by atoms with van der Waals surface area (Å²) in [5, 5.41) is 3.14. The van der Waals surface area contributed by atoms with E-state index in [4.69, 9.17) is 4.74 Å². The maximum Gasteiger partial charge on any atom is 0.184 e. The molecule has 0 fully saturated rings. The molecule has 2 nitrogen and oxygen atoms in total. The lowest BCUT2D eigenvalue weighted by atomic mass is 10.2. The highest BCUT2D eigenvalue weighted by Crippen LogP contribution is 2.46. The molecule has 0 N–H and O–H groups in total. The first kappa shape index (κ1) is 25.9. The van der Waals surface area contributed by atoms with Gasteiger partial charge in [-0.15, -0.1) is 68.0 Å². The Morgan fingerprint density at radius 2 is 1.26 bits per heavy atom. The topological polar surface area (TPSA) is 26.3 Å². The van der Waals surface area contributed by atoms with Gasteiger partial charge in [-0.2, -0.15) is 0 Å². The Labute approximate surface area is 238 Å².